The van der Waals surface area contributed by atoms with E-state index in [1.807, 2.05) is 0 Å². The minimum atomic E-state index is -5.00. The van der Waals surface area contributed by atoms with Gasteiger partial charge in [0.05, 0.1) is 17.4 Å². The van der Waals surface area contributed by atoms with Gasteiger partial charge in [-0.05, 0) is 61.9 Å². The molecule has 226 valence electrons. The second kappa shape index (κ2) is 11.9. The first-order valence-corrected chi connectivity index (χ1v) is 15.3. The molecule has 0 aliphatic rings. The number of benzene rings is 3. The maximum Gasteiger partial charge on any atom is 0.434 e. The standard InChI is InChI=1S/C29H22F5N6O3P/c1-44(2,42)21-5-3-4-18(14-21)38-28-35-13-12-25(39-28)43-24-11-8-19(15-23(24)31)37-27(41)22-16-36-40(26(22)29(32,33)34)20-9-6-17(30)7-10-20/h3-16H,1-2H3,(H,37,41)(H,35,38,39). The van der Waals surface area contributed by atoms with Gasteiger partial charge in [-0.15, -0.1) is 0 Å². The van der Waals surface area contributed by atoms with Crippen molar-refractivity contribution in [2.45, 2.75) is 6.18 Å². The number of alkyl halides is 3. The average molecular weight is 628 g/mol. The lowest BCUT2D eigenvalue weighted by molar-refractivity contribution is -0.143. The number of carbonyl (C=O) groups is 1. The molecule has 2 N–H and O–H groups in total. The molecule has 2 heterocycles. The zero-order chi connectivity index (χ0) is 31.6. The van der Waals surface area contributed by atoms with E-state index in [1.165, 1.54) is 18.3 Å². The number of hydrogen-bond donors (Lipinski definition) is 2. The lowest BCUT2D eigenvalue weighted by Gasteiger charge is -2.13. The average Bonchev–Trinajstić information content (AvgIpc) is 3.41. The Hall–Kier alpha value is -5.10. The summed E-state index contributed by atoms with van der Waals surface area (Å²) in [5.41, 5.74) is -1.91. The van der Waals surface area contributed by atoms with Crippen LogP contribution < -0.4 is 20.7 Å². The molecule has 0 aliphatic carbocycles. The molecular weight excluding hydrogens is 606 g/mol. The summed E-state index contributed by atoms with van der Waals surface area (Å²) < 4.78 is 88.4. The van der Waals surface area contributed by atoms with Crippen LogP contribution in [-0.4, -0.2) is 39.0 Å². The quantitative estimate of drug-likeness (QED) is 0.141. The highest BCUT2D eigenvalue weighted by Gasteiger charge is 2.40. The number of nitrogens with one attached hydrogen (secondary N) is 2. The van der Waals surface area contributed by atoms with Crippen LogP contribution in [0.3, 0.4) is 0 Å². The van der Waals surface area contributed by atoms with Gasteiger partial charge >= 0.3 is 6.18 Å². The van der Waals surface area contributed by atoms with Crippen molar-refractivity contribution in [1.29, 1.82) is 0 Å². The zero-order valence-corrected chi connectivity index (χ0v) is 23.8. The molecule has 0 spiro atoms. The third-order valence-corrected chi connectivity index (χ3v) is 7.63. The van der Waals surface area contributed by atoms with Crippen LogP contribution in [0.4, 0.5) is 39.3 Å². The highest BCUT2D eigenvalue weighted by atomic mass is 31.2. The maximum atomic E-state index is 14.9. The Morgan fingerprint density at radius 2 is 1.70 bits per heavy atom. The van der Waals surface area contributed by atoms with E-state index in [4.69, 9.17) is 4.74 Å². The summed E-state index contributed by atoms with van der Waals surface area (Å²) in [5.74, 6) is -3.00. The number of ether oxygens (including phenoxy) is 1. The van der Waals surface area contributed by atoms with Gasteiger partial charge in [-0.2, -0.15) is 23.3 Å². The van der Waals surface area contributed by atoms with Crippen LogP contribution in [0.15, 0.2) is 85.2 Å². The maximum absolute atomic E-state index is 14.9. The van der Waals surface area contributed by atoms with Crippen molar-refractivity contribution >= 4 is 35.7 Å². The molecule has 0 aliphatic heterocycles. The Morgan fingerprint density at radius 3 is 2.39 bits per heavy atom. The van der Waals surface area contributed by atoms with E-state index in [1.54, 1.807) is 37.6 Å². The monoisotopic (exact) mass is 628 g/mol. The van der Waals surface area contributed by atoms with E-state index in [0.29, 0.717) is 15.7 Å². The second-order valence-corrected chi connectivity index (χ2v) is 13.0. The van der Waals surface area contributed by atoms with Gasteiger partial charge in [0.1, 0.15) is 13.0 Å². The number of nitrogens with zero attached hydrogens (tertiary/aromatic N) is 4. The van der Waals surface area contributed by atoms with Gasteiger partial charge in [-0.25, -0.2) is 18.4 Å². The van der Waals surface area contributed by atoms with Gasteiger partial charge in [0.25, 0.3) is 5.91 Å². The smallest absolute Gasteiger partial charge is 0.434 e. The van der Waals surface area contributed by atoms with Crippen LogP contribution in [0.25, 0.3) is 5.69 Å². The molecule has 44 heavy (non-hydrogen) atoms. The molecule has 5 rings (SSSR count). The van der Waals surface area contributed by atoms with Crippen LogP contribution in [0.1, 0.15) is 16.1 Å². The molecule has 0 saturated heterocycles. The fourth-order valence-corrected chi connectivity index (χ4v) is 4.94. The molecule has 0 radical (unpaired) electrons. The Kier molecular flexibility index (Phi) is 8.20. The first-order chi connectivity index (χ1) is 20.8. The largest absolute Gasteiger partial charge is 0.436 e. The van der Waals surface area contributed by atoms with E-state index in [-0.39, 0.29) is 29.0 Å². The highest BCUT2D eigenvalue weighted by Crippen LogP contribution is 2.36. The van der Waals surface area contributed by atoms with Gasteiger partial charge in [0, 0.05) is 35.0 Å². The fraction of sp³-hybridized carbons (Fsp3) is 0.103. The second-order valence-electron chi connectivity index (χ2n) is 9.74. The summed E-state index contributed by atoms with van der Waals surface area (Å²) in [4.78, 5) is 21.1. The molecule has 9 nitrogen and oxygen atoms in total. The number of halogens is 5. The lowest BCUT2D eigenvalue weighted by Crippen LogP contribution is -2.20. The van der Waals surface area contributed by atoms with E-state index in [0.717, 1.165) is 42.6 Å². The molecule has 0 atom stereocenters. The molecule has 3 aromatic carbocycles. The van der Waals surface area contributed by atoms with Gasteiger partial charge in [-0.3, -0.25) is 4.79 Å². The van der Waals surface area contributed by atoms with Crippen molar-refractivity contribution in [2.24, 2.45) is 0 Å². The number of hydrogen-bond acceptors (Lipinski definition) is 7. The Balaban J connectivity index is 1.31. The summed E-state index contributed by atoms with van der Waals surface area (Å²) in [6, 6.07) is 15.6. The number of anilines is 3. The van der Waals surface area contributed by atoms with Crippen molar-refractivity contribution in [2.75, 3.05) is 24.0 Å². The zero-order valence-electron chi connectivity index (χ0n) is 22.9. The lowest BCUT2D eigenvalue weighted by atomic mass is 10.2. The minimum absolute atomic E-state index is 0.0333. The summed E-state index contributed by atoms with van der Waals surface area (Å²) in [5, 5.41) is 9.50. The van der Waals surface area contributed by atoms with E-state index in [9.17, 15) is 31.3 Å². The molecule has 0 bridgehead atoms. The summed E-state index contributed by atoms with van der Waals surface area (Å²) in [7, 11) is -2.50. The molecule has 2 aromatic heterocycles. The molecule has 0 fully saturated rings. The van der Waals surface area contributed by atoms with Crippen LogP contribution in [0.5, 0.6) is 11.6 Å². The topological polar surface area (TPSA) is 111 Å². The third-order valence-electron chi connectivity index (χ3n) is 6.11. The van der Waals surface area contributed by atoms with E-state index >= 15 is 0 Å². The molecule has 0 unspecified atom stereocenters. The van der Waals surface area contributed by atoms with Gasteiger partial charge in [-0.1, -0.05) is 12.1 Å². The first-order valence-electron chi connectivity index (χ1n) is 12.7. The highest BCUT2D eigenvalue weighted by molar-refractivity contribution is 7.70. The molecule has 15 heteroatoms. The molecular formula is C29H22F5N6O3P. The van der Waals surface area contributed by atoms with Gasteiger partial charge < -0.3 is 19.9 Å². The molecule has 1 amide bonds. The van der Waals surface area contributed by atoms with Crippen molar-refractivity contribution in [1.82, 2.24) is 19.7 Å². The number of carbonyl (C=O) groups excluding carboxylic acids is 1. The van der Waals surface area contributed by atoms with Crippen molar-refractivity contribution in [3.05, 3.63) is 108 Å². The normalized spacial score (nSPS) is 11.7. The van der Waals surface area contributed by atoms with Crippen molar-refractivity contribution in [3.8, 4) is 17.3 Å². The number of rotatable bonds is 8. The molecule has 0 saturated carbocycles. The predicted molar refractivity (Wildman–Crippen MR) is 154 cm³/mol. The van der Waals surface area contributed by atoms with Crippen LogP contribution >= 0.6 is 7.14 Å². The third kappa shape index (κ3) is 6.92. The fourth-order valence-electron chi connectivity index (χ4n) is 4.04. The van der Waals surface area contributed by atoms with Crippen LogP contribution in [0.2, 0.25) is 0 Å². The van der Waals surface area contributed by atoms with E-state index < -0.39 is 42.1 Å². The van der Waals surface area contributed by atoms with Gasteiger partial charge in [0.15, 0.2) is 17.3 Å². The van der Waals surface area contributed by atoms with Gasteiger partial charge in [0.2, 0.25) is 11.8 Å². The Morgan fingerprint density at radius 1 is 0.955 bits per heavy atom. The van der Waals surface area contributed by atoms with Crippen molar-refractivity contribution in [3.63, 3.8) is 0 Å². The summed E-state index contributed by atoms with van der Waals surface area (Å²) in [6.45, 7) is 3.29. The Labute approximate surface area is 247 Å². The van der Waals surface area contributed by atoms with E-state index in [2.05, 4.69) is 25.7 Å². The predicted octanol–water partition coefficient (Wildman–Crippen LogP) is 7.00. The Bertz CT molecular complexity index is 1890. The van der Waals surface area contributed by atoms with Crippen LogP contribution in [0, 0.1) is 11.6 Å². The first kappa shape index (κ1) is 30.4. The summed E-state index contributed by atoms with van der Waals surface area (Å²) in [6.07, 6.45) is -2.91. The SMILES string of the molecule is CP(C)(=O)c1cccc(Nc2nccc(Oc3ccc(NC(=O)c4cnn(-c5ccc(F)cc5)c4C(F)(F)F)cc3F)n2)c1. The minimum Gasteiger partial charge on any atom is -0.436 e. The summed E-state index contributed by atoms with van der Waals surface area (Å²) >= 11 is 0. The number of amides is 1. The van der Waals surface area contributed by atoms with Crippen molar-refractivity contribution < 1.29 is 36.0 Å². The van der Waals surface area contributed by atoms with Crippen LogP contribution in [-0.2, 0) is 10.7 Å². The molecule has 5 aromatic rings. The number of aromatic nitrogens is 4.